The van der Waals surface area contributed by atoms with E-state index < -0.39 is 15.1 Å². The fourth-order valence-electron chi connectivity index (χ4n) is 2.75. The molecule has 0 N–H and O–H groups in total. The third-order valence-corrected chi connectivity index (χ3v) is 5.97. The Morgan fingerprint density at radius 2 is 0.903 bits per heavy atom. The summed E-state index contributed by atoms with van der Waals surface area (Å²) in [6, 6.07) is 3.88. The topological polar surface area (TPSA) is 118 Å². The average molecular weight is 444 g/mol. The van der Waals surface area contributed by atoms with Crippen molar-refractivity contribution in [3.8, 4) is 0 Å². The second kappa shape index (κ2) is 10.5. The van der Waals surface area contributed by atoms with Crippen molar-refractivity contribution >= 4 is 15.1 Å². The highest BCUT2D eigenvalue weighted by atomic mass is 27.3. The van der Waals surface area contributed by atoms with Crippen molar-refractivity contribution < 1.29 is 24.6 Å². The van der Waals surface area contributed by atoms with Crippen LogP contribution in [-0.2, 0) is 31.2 Å². The molecule has 0 radical (unpaired) electrons. The van der Waals surface area contributed by atoms with Crippen molar-refractivity contribution in [1.82, 2.24) is 0 Å². The van der Waals surface area contributed by atoms with E-state index in [4.69, 9.17) is 24.6 Å². The molecule has 0 saturated carbocycles. The number of hydrogen-bond acceptors (Lipinski definition) is 9. The van der Waals surface area contributed by atoms with E-state index in [-0.39, 0.29) is 36.1 Å². The molecule has 10 heteroatoms. The smallest absolute Gasteiger partial charge is 0.469 e. The van der Waals surface area contributed by atoms with E-state index in [2.05, 4.69) is 0 Å². The van der Waals surface area contributed by atoms with E-state index in [9.17, 15) is 14.4 Å². The Labute approximate surface area is 182 Å². The summed E-state index contributed by atoms with van der Waals surface area (Å²) in [5.74, 6) is 1.25. The molecule has 31 heavy (non-hydrogen) atoms. The summed E-state index contributed by atoms with van der Waals surface area (Å²) in [6.07, 6.45) is 3.91. The molecule has 3 aromatic rings. The number of aryl methyl sites for hydroxylation is 3. The minimum Gasteiger partial charge on any atom is -0.469 e. The predicted molar refractivity (Wildman–Crippen MR) is 109 cm³/mol. The van der Waals surface area contributed by atoms with Gasteiger partial charge in [0, 0.05) is 18.2 Å². The lowest BCUT2D eigenvalue weighted by Crippen LogP contribution is -2.30. The molecule has 0 amide bonds. The molecule has 0 unspecified atom stereocenters. The van der Waals surface area contributed by atoms with Crippen molar-refractivity contribution in [2.75, 3.05) is 0 Å². The number of rotatable bonds is 9. The highest BCUT2D eigenvalue weighted by Crippen LogP contribution is 2.11. The largest absolute Gasteiger partial charge is 0.906 e. The molecule has 0 aliphatic heterocycles. The maximum absolute atomic E-state index is 12.1. The van der Waals surface area contributed by atoms with Crippen LogP contribution in [0.1, 0.15) is 34.0 Å². The van der Waals surface area contributed by atoms with Crippen molar-refractivity contribution in [1.29, 1.82) is 0 Å². The molecule has 0 fully saturated rings. The van der Waals surface area contributed by atoms with E-state index in [1.54, 1.807) is 20.8 Å². The number of hydrogen-bond donors (Lipinski definition) is 0. The van der Waals surface area contributed by atoms with Crippen LogP contribution in [0.3, 0.4) is 0 Å². The maximum Gasteiger partial charge on any atom is 0.906 e. The van der Waals surface area contributed by atoms with Gasteiger partial charge in [-0.1, -0.05) is 0 Å². The summed E-state index contributed by atoms with van der Waals surface area (Å²) in [5.41, 5.74) is 0.274. The third-order valence-electron chi connectivity index (χ3n) is 4.65. The fourth-order valence-corrected chi connectivity index (χ4v) is 3.94. The molecule has 0 bridgehead atoms. The third kappa shape index (κ3) is 5.91. The maximum atomic E-state index is 12.1. The van der Waals surface area contributed by atoms with Gasteiger partial charge in [-0.15, -0.1) is 0 Å². The van der Waals surface area contributed by atoms with Crippen LogP contribution in [0.25, 0.3) is 0 Å². The molecule has 0 aromatic carbocycles. The zero-order valence-corrected chi connectivity index (χ0v) is 18.5. The lowest BCUT2D eigenvalue weighted by Gasteiger charge is -2.15. The summed E-state index contributed by atoms with van der Waals surface area (Å²) in [4.78, 5) is 36.2. The molecule has 0 saturated heterocycles. The first-order chi connectivity index (χ1) is 14.9. The van der Waals surface area contributed by atoms with Gasteiger partial charge in [0.05, 0.1) is 55.3 Å². The van der Waals surface area contributed by atoms with Crippen LogP contribution < -0.4 is 16.3 Å². The van der Waals surface area contributed by atoms with Gasteiger partial charge in [0.2, 0.25) is 0 Å². The summed E-state index contributed by atoms with van der Waals surface area (Å²) >= 11 is -2.91. The Hall–Kier alpha value is -2.74. The predicted octanol–water partition coefficient (Wildman–Crippen LogP) is 2.41. The fraction of sp³-hybridized carbons (Fsp3) is 0.286. The SMILES string of the molecule is Cc1occc(=O)c1C[O][Al]([O]Cc1c(C)occc1=O)[O]Cc1c(C)occc1=O. The van der Waals surface area contributed by atoms with Crippen molar-refractivity contribution in [2.45, 2.75) is 40.6 Å². The quantitative estimate of drug-likeness (QED) is 0.458. The highest BCUT2D eigenvalue weighted by molar-refractivity contribution is 6.36. The van der Waals surface area contributed by atoms with Gasteiger partial charge in [0.1, 0.15) is 17.3 Å². The minimum absolute atomic E-state index is 0.101. The van der Waals surface area contributed by atoms with E-state index in [0.29, 0.717) is 34.0 Å². The second-order valence-corrected chi connectivity index (χ2v) is 8.26. The standard InChI is InChI=1S/3C7H7O3.Al/c3*1-5-6(4-8)7(9)2-3-10-5;/h3*2-3H,4H2,1H3;/q3*-1;+3. The Kier molecular flexibility index (Phi) is 7.79. The summed E-state index contributed by atoms with van der Waals surface area (Å²) < 4.78 is 33.0. The van der Waals surface area contributed by atoms with Crippen LogP contribution in [-0.4, -0.2) is 15.1 Å². The van der Waals surface area contributed by atoms with Crippen LogP contribution in [0.15, 0.2) is 64.6 Å². The van der Waals surface area contributed by atoms with Crippen LogP contribution >= 0.6 is 0 Å². The van der Waals surface area contributed by atoms with Crippen molar-refractivity contribution in [3.63, 3.8) is 0 Å². The van der Waals surface area contributed by atoms with Crippen LogP contribution in [0.2, 0.25) is 0 Å². The average Bonchev–Trinajstić information content (AvgIpc) is 2.72. The van der Waals surface area contributed by atoms with Gasteiger partial charge in [0.15, 0.2) is 16.3 Å². The second-order valence-electron chi connectivity index (χ2n) is 6.68. The van der Waals surface area contributed by atoms with Crippen LogP contribution in [0.5, 0.6) is 0 Å². The molecule has 9 nitrogen and oxygen atoms in total. The first kappa shape index (κ1) is 22.9. The Balaban J connectivity index is 1.76. The molecule has 3 rings (SSSR count). The first-order valence-electron chi connectivity index (χ1n) is 9.43. The monoisotopic (exact) mass is 444 g/mol. The highest BCUT2D eigenvalue weighted by Gasteiger charge is 2.33. The summed E-state index contributed by atoms with van der Waals surface area (Å²) in [5, 5.41) is 0. The van der Waals surface area contributed by atoms with Gasteiger partial charge in [-0.2, -0.15) is 0 Å². The molecule has 0 aliphatic carbocycles. The first-order valence-corrected chi connectivity index (χ1v) is 10.8. The van der Waals surface area contributed by atoms with E-state index in [1.807, 2.05) is 0 Å². The lowest BCUT2D eigenvalue weighted by molar-refractivity contribution is 0.0741. The summed E-state index contributed by atoms with van der Waals surface area (Å²) in [7, 11) is 0. The molecular formula is C21H21AlO9. The molecule has 3 aromatic heterocycles. The van der Waals surface area contributed by atoms with Gasteiger partial charge < -0.3 is 24.6 Å². The molecule has 3 heterocycles. The van der Waals surface area contributed by atoms with Gasteiger partial charge in [-0.3, -0.25) is 14.4 Å². The molecule has 0 atom stereocenters. The Morgan fingerprint density at radius 3 is 1.16 bits per heavy atom. The van der Waals surface area contributed by atoms with E-state index in [1.165, 1.54) is 37.0 Å². The van der Waals surface area contributed by atoms with E-state index in [0.717, 1.165) is 0 Å². The zero-order chi connectivity index (χ0) is 22.4. The van der Waals surface area contributed by atoms with Gasteiger partial charge in [0.25, 0.3) is 0 Å². The van der Waals surface area contributed by atoms with Crippen molar-refractivity contribution in [2.24, 2.45) is 0 Å². The normalized spacial score (nSPS) is 10.9. The lowest BCUT2D eigenvalue weighted by atomic mass is 10.2. The van der Waals surface area contributed by atoms with Gasteiger partial charge in [-0.05, 0) is 20.8 Å². The van der Waals surface area contributed by atoms with Gasteiger partial charge >= 0.3 is 15.1 Å². The van der Waals surface area contributed by atoms with Crippen LogP contribution in [0.4, 0.5) is 0 Å². The Bertz CT molecular complexity index is 1060. The molecule has 162 valence electrons. The van der Waals surface area contributed by atoms with E-state index >= 15 is 0 Å². The summed E-state index contributed by atoms with van der Waals surface area (Å²) in [6.45, 7) is 4.64. The van der Waals surface area contributed by atoms with Gasteiger partial charge in [-0.25, -0.2) is 0 Å². The molecule has 0 aliphatic rings. The minimum atomic E-state index is -2.91. The molecular weight excluding hydrogens is 423 g/mol. The zero-order valence-electron chi connectivity index (χ0n) is 17.3. The van der Waals surface area contributed by atoms with Crippen LogP contribution in [0, 0.1) is 20.8 Å². The van der Waals surface area contributed by atoms with Crippen molar-refractivity contribution in [3.05, 3.63) is 102 Å². The Morgan fingerprint density at radius 1 is 0.613 bits per heavy atom. The molecule has 0 spiro atoms.